The lowest BCUT2D eigenvalue weighted by Gasteiger charge is -2.45. The fraction of sp³-hybridized carbons (Fsp3) is 0.611. The highest BCUT2D eigenvalue weighted by Gasteiger charge is 2.35. The highest BCUT2D eigenvalue weighted by atomic mass is 79.9. The molecule has 0 bridgehead atoms. The summed E-state index contributed by atoms with van der Waals surface area (Å²) >= 11 is 3.39. The number of amides is 1. The first-order valence-corrected chi connectivity index (χ1v) is 9.79. The third kappa shape index (κ3) is 3.83. The van der Waals surface area contributed by atoms with Gasteiger partial charge in [0.2, 0.25) is 0 Å². The van der Waals surface area contributed by atoms with E-state index in [0.29, 0.717) is 23.3 Å². The largest absolute Gasteiger partial charge is 0.444 e. The van der Waals surface area contributed by atoms with E-state index in [4.69, 9.17) is 4.74 Å². The van der Waals surface area contributed by atoms with Gasteiger partial charge in [0.1, 0.15) is 21.7 Å². The van der Waals surface area contributed by atoms with Gasteiger partial charge >= 0.3 is 6.09 Å². The summed E-state index contributed by atoms with van der Waals surface area (Å²) in [6.07, 6.45) is -0.308. The summed E-state index contributed by atoms with van der Waals surface area (Å²) in [6.45, 7) is 10.7. The van der Waals surface area contributed by atoms with Crippen molar-refractivity contribution in [3.63, 3.8) is 0 Å². The maximum Gasteiger partial charge on any atom is 0.410 e. The number of piperazine rings is 1. The molecule has 148 valence electrons. The highest BCUT2D eigenvalue weighted by molar-refractivity contribution is 9.10. The minimum absolute atomic E-state index is 0.00648. The molecule has 0 unspecified atom stereocenters. The van der Waals surface area contributed by atoms with E-state index in [0.717, 1.165) is 5.82 Å². The van der Waals surface area contributed by atoms with E-state index in [2.05, 4.69) is 25.9 Å². The molecule has 0 aromatic carbocycles. The molecule has 0 aliphatic carbocycles. The Morgan fingerprint density at radius 2 is 1.89 bits per heavy atom. The molecule has 0 saturated carbocycles. The number of hydrogen-bond acceptors (Lipinski definition) is 5. The molecule has 1 aliphatic rings. The van der Waals surface area contributed by atoms with Crippen LogP contribution in [0.2, 0.25) is 0 Å². The molecule has 2 aromatic heterocycles. The minimum Gasteiger partial charge on any atom is -0.444 e. The number of halogens is 1. The van der Waals surface area contributed by atoms with Gasteiger partial charge in [-0.2, -0.15) is 9.61 Å². The van der Waals surface area contributed by atoms with Crippen LogP contribution >= 0.6 is 15.9 Å². The van der Waals surface area contributed by atoms with Crippen LogP contribution in [-0.4, -0.2) is 55.9 Å². The van der Waals surface area contributed by atoms with Crippen molar-refractivity contribution >= 4 is 33.5 Å². The third-order valence-corrected chi connectivity index (χ3v) is 5.10. The van der Waals surface area contributed by atoms with E-state index in [1.54, 1.807) is 27.1 Å². The van der Waals surface area contributed by atoms with Gasteiger partial charge in [-0.05, 0) is 50.5 Å². The monoisotopic (exact) mass is 439 g/mol. The molecule has 2 aromatic rings. The Bertz CT molecular complexity index is 929. The molecular weight excluding hydrogens is 414 g/mol. The van der Waals surface area contributed by atoms with Crippen LogP contribution in [0.5, 0.6) is 0 Å². The summed E-state index contributed by atoms with van der Waals surface area (Å²) in [7, 11) is 1.72. The summed E-state index contributed by atoms with van der Waals surface area (Å²) in [4.78, 5) is 28.8. The number of ether oxygens (including phenoxy) is 1. The number of nitrogens with zero attached hydrogens (tertiary/aromatic N) is 5. The fourth-order valence-corrected chi connectivity index (χ4v) is 3.72. The van der Waals surface area contributed by atoms with Crippen LogP contribution in [-0.2, 0) is 11.8 Å². The summed E-state index contributed by atoms with van der Waals surface area (Å²) in [6, 6.07) is 3.36. The first-order valence-electron chi connectivity index (χ1n) is 8.99. The summed E-state index contributed by atoms with van der Waals surface area (Å²) in [5.74, 6) is 0.724. The number of carbonyl (C=O) groups excluding carboxylic acids is 1. The van der Waals surface area contributed by atoms with Gasteiger partial charge in [-0.1, -0.05) is 0 Å². The second kappa shape index (κ2) is 6.85. The topological polar surface area (TPSA) is 72.1 Å². The van der Waals surface area contributed by atoms with Crippen LogP contribution in [0.25, 0.3) is 5.65 Å². The van der Waals surface area contributed by atoms with Crippen molar-refractivity contribution in [2.24, 2.45) is 7.05 Å². The van der Waals surface area contributed by atoms with E-state index in [1.165, 1.54) is 0 Å². The van der Waals surface area contributed by atoms with Crippen molar-refractivity contribution in [2.45, 2.75) is 52.3 Å². The number of hydrogen-bond donors (Lipinski definition) is 0. The van der Waals surface area contributed by atoms with Crippen LogP contribution in [0.4, 0.5) is 10.6 Å². The van der Waals surface area contributed by atoms with Gasteiger partial charge in [0.15, 0.2) is 0 Å². The van der Waals surface area contributed by atoms with E-state index in [-0.39, 0.29) is 23.7 Å². The normalized spacial score (nSPS) is 21.0. The molecule has 1 fully saturated rings. The van der Waals surface area contributed by atoms with Crippen LogP contribution < -0.4 is 10.5 Å². The molecule has 0 radical (unpaired) electrons. The average Bonchev–Trinajstić information content (AvgIpc) is 2.93. The fourth-order valence-electron chi connectivity index (χ4n) is 3.36. The molecule has 1 amide bonds. The Balaban J connectivity index is 1.93. The van der Waals surface area contributed by atoms with Crippen molar-refractivity contribution in [3.05, 3.63) is 27.1 Å². The van der Waals surface area contributed by atoms with Crippen LogP contribution in [0.3, 0.4) is 0 Å². The van der Waals surface area contributed by atoms with Crippen LogP contribution in [0.15, 0.2) is 21.5 Å². The zero-order chi connectivity index (χ0) is 20.1. The first-order chi connectivity index (χ1) is 12.5. The first kappa shape index (κ1) is 19.7. The second-order valence-electron chi connectivity index (χ2n) is 8.12. The molecule has 2 atom stereocenters. The Kier molecular flexibility index (Phi) is 5.00. The van der Waals surface area contributed by atoms with Crippen LogP contribution in [0.1, 0.15) is 34.6 Å². The third-order valence-electron chi connectivity index (χ3n) is 4.71. The van der Waals surface area contributed by atoms with Gasteiger partial charge in [-0.3, -0.25) is 9.36 Å². The van der Waals surface area contributed by atoms with Crippen molar-refractivity contribution in [1.82, 2.24) is 19.1 Å². The summed E-state index contributed by atoms with van der Waals surface area (Å²) < 4.78 is 9.53. The number of fused-ring (bicyclic) bond motifs is 1. The molecule has 8 nitrogen and oxygen atoms in total. The van der Waals surface area contributed by atoms with Gasteiger partial charge in [0, 0.05) is 44.4 Å². The molecule has 27 heavy (non-hydrogen) atoms. The summed E-state index contributed by atoms with van der Waals surface area (Å²) in [5, 5.41) is 4.48. The predicted molar refractivity (Wildman–Crippen MR) is 107 cm³/mol. The van der Waals surface area contributed by atoms with Crippen LogP contribution in [0, 0.1) is 0 Å². The quantitative estimate of drug-likeness (QED) is 0.682. The van der Waals surface area contributed by atoms with Gasteiger partial charge in [-0.25, -0.2) is 4.79 Å². The summed E-state index contributed by atoms with van der Waals surface area (Å²) in [5.41, 5.74) is 0.0779. The van der Waals surface area contributed by atoms with Gasteiger partial charge in [-0.15, -0.1) is 0 Å². The van der Waals surface area contributed by atoms with E-state index >= 15 is 0 Å². The molecule has 3 heterocycles. The Hall–Kier alpha value is -2.03. The molecule has 3 rings (SSSR count). The Labute approximate surface area is 166 Å². The number of aromatic nitrogens is 3. The maximum atomic E-state index is 12.5. The van der Waals surface area contributed by atoms with Crippen molar-refractivity contribution in [3.8, 4) is 0 Å². The maximum absolute atomic E-state index is 12.5. The zero-order valence-electron chi connectivity index (χ0n) is 16.6. The Morgan fingerprint density at radius 1 is 1.22 bits per heavy atom. The van der Waals surface area contributed by atoms with Crippen molar-refractivity contribution in [2.75, 3.05) is 18.0 Å². The molecule has 0 N–H and O–H groups in total. The predicted octanol–water partition coefficient (Wildman–Crippen LogP) is 2.63. The Morgan fingerprint density at radius 3 is 2.52 bits per heavy atom. The number of aryl methyl sites for hydroxylation is 1. The van der Waals surface area contributed by atoms with E-state index in [1.807, 2.05) is 40.7 Å². The van der Waals surface area contributed by atoms with E-state index in [9.17, 15) is 9.59 Å². The lowest BCUT2D eigenvalue weighted by atomic mass is 10.1. The molecule has 1 saturated heterocycles. The second-order valence-corrected chi connectivity index (χ2v) is 8.93. The standard InChI is InChI=1S/C18H26BrN5O3/c1-11-10-23(17(26)27-18(3,4)5)12(2)9-22(11)15-8-16(25)21(6)14-7-13(19)20-24(14)15/h7-8,11-12H,9-10H2,1-6H3/t11-,12+/m0/s1. The lowest BCUT2D eigenvalue weighted by Crippen LogP contribution is -2.59. The SMILES string of the molecule is C[C@@H]1CN(c2cc(=O)n(C)c3cc(Br)nn23)[C@@H](C)CN1C(=O)OC(C)(C)C. The molecule has 0 spiro atoms. The molecular formula is C18H26BrN5O3. The van der Waals surface area contributed by atoms with E-state index < -0.39 is 5.60 Å². The molecule has 1 aliphatic heterocycles. The number of carbonyl (C=O) groups is 1. The van der Waals surface area contributed by atoms with Crippen molar-refractivity contribution in [1.29, 1.82) is 0 Å². The van der Waals surface area contributed by atoms with Gasteiger partial charge < -0.3 is 14.5 Å². The number of anilines is 1. The minimum atomic E-state index is -0.531. The van der Waals surface area contributed by atoms with Gasteiger partial charge in [0.05, 0.1) is 0 Å². The average molecular weight is 440 g/mol. The zero-order valence-corrected chi connectivity index (χ0v) is 18.1. The van der Waals surface area contributed by atoms with Gasteiger partial charge in [0.25, 0.3) is 5.56 Å². The highest BCUT2D eigenvalue weighted by Crippen LogP contribution is 2.25. The number of rotatable bonds is 1. The smallest absolute Gasteiger partial charge is 0.410 e. The van der Waals surface area contributed by atoms with Crippen molar-refractivity contribution < 1.29 is 9.53 Å². The molecule has 9 heteroatoms. The lowest BCUT2D eigenvalue weighted by molar-refractivity contribution is 0.0129.